The highest BCUT2D eigenvalue weighted by Crippen LogP contribution is 2.22. The first-order valence-corrected chi connectivity index (χ1v) is 6.19. The van der Waals surface area contributed by atoms with Crippen LogP contribution in [0.2, 0.25) is 0 Å². The Bertz CT molecular complexity index is 664. The van der Waals surface area contributed by atoms with Gasteiger partial charge < -0.3 is 14.4 Å². The van der Waals surface area contributed by atoms with Crippen molar-refractivity contribution in [2.75, 3.05) is 6.54 Å². The van der Waals surface area contributed by atoms with E-state index in [1.807, 2.05) is 0 Å². The molecule has 3 heterocycles. The third kappa shape index (κ3) is 2.05. The number of carbonyl (C=O) groups excluding carboxylic acids is 1. The summed E-state index contributed by atoms with van der Waals surface area (Å²) in [7, 11) is 0. The number of aromatic carboxylic acids is 1. The third-order valence-corrected chi connectivity index (χ3v) is 3.36. The lowest BCUT2D eigenvalue weighted by Gasteiger charge is -2.28. The van der Waals surface area contributed by atoms with E-state index < -0.39 is 5.97 Å². The third-order valence-electron chi connectivity index (χ3n) is 3.36. The van der Waals surface area contributed by atoms with Crippen molar-refractivity contribution in [2.45, 2.75) is 13.0 Å². The number of carbonyl (C=O) groups is 2. The number of hydrogen-bond acceptors (Lipinski definition) is 4. The van der Waals surface area contributed by atoms with Crippen LogP contribution in [0.1, 0.15) is 32.2 Å². The minimum Gasteiger partial charge on any atom is -0.478 e. The van der Waals surface area contributed by atoms with Crippen molar-refractivity contribution in [2.24, 2.45) is 0 Å². The maximum atomic E-state index is 12.2. The molecule has 0 fully saturated rings. The number of carboxylic acid groups (broad SMARTS) is 1. The fraction of sp³-hybridized carbons (Fsp3) is 0.214. The molecule has 0 saturated carbocycles. The summed E-state index contributed by atoms with van der Waals surface area (Å²) in [6, 6.07) is 4.70. The first-order chi connectivity index (χ1) is 9.66. The molecule has 0 radical (unpaired) electrons. The maximum absolute atomic E-state index is 12.2. The van der Waals surface area contributed by atoms with E-state index in [4.69, 9.17) is 4.42 Å². The molecule has 1 amide bonds. The quantitative estimate of drug-likeness (QED) is 0.897. The molecule has 3 rings (SSSR count). The number of nitrogens with zero attached hydrogens (tertiary/aromatic N) is 2. The molecule has 0 spiro atoms. The SMILES string of the molecule is O=C(O)c1ccnc2c1CN(C(=O)c1ccco1)CC2. The highest BCUT2D eigenvalue weighted by atomic mass is 16.4. The Balaban J connectivity index is 1.92. The van der Waals surface area contributed by atoms with Crippen molar-refractivity contribution in [3.63, 3.8) is 0 Å². The summed E-state index contributed by atoms with van der Waals surface area (Å²) in [5.41, 5.74) is 1.55. The van der Waals surface area contributed by atoms with Crippen molar-refractivity contribution in [3.05, 3.63) is 53.2 Å². The molecule has 0 aliphatic carbocycles. The molecule has 6 heteroatoms. The second-order valence-corrected chi connectivity index (χ2v) is 4.54. The topological polar surface area (TPSA) is 83.6 Å². The van der Waals surface area contributed by atoms with E-state index in [0.29, 0.717) is 18.5 Å². The van der Waals surface area contributed by atoms with Crippen molar-refractivity contribution in [1.29, 1.82) is 0 Å². The zero-order valence-corrected chi connectivity index (χ0v) is 10.6. The second kappa shape index (κ2) is 4.80. The van der Waals surface area contributed by atoms with Gasteiger partial charge in [0.15, 0.2) is 5.76 Å². The molecule has 1 N–H and O–H groups in total. The molecule has 1 aliphatic heterocycles. The Morgan fingerprint density at radius 1 is 1.35 bits per heavy atom. The summed E-state index contributed by atoms with van der Waals surface area (Å²) in [5, 5.41) is 9.20. The lowest BCUT2D eigenvalue weighted by Crippen LogP contribution is -2.37. The lowest BCUT2D eigenvalue weighted by atomic mass is 10.00. The van der Waals surface area contributed by atoms with E-state index in [-0.39, 0.29) is 23.8 Å². The zero-order chi connectivity index (χ0) is 14.1. The normalized spacial score (nSPS) is 13.9. The van der Waals surface area contributed by atoms with E-state index in [1.54, 1.807) is 17.0 Å². The predicted molar refractivity (Wildman–Crippen MR) is 68.3 cm³/mol. The van der Waals surface area contributed by atoms with Gasteiger partial charge in [0.2, 0.25) is 0 Å². The standard InChI is InChI=1S/C14H12N2O4/c17-13(12-2-1-7-20-12)16-6-4-11-10(8-16)9(14(18)19)3-5-15-11/h1-3,5,7H,4,6,8H2,(H,18,19). The number of fused-ring (bicyclic) bond motifs is 1. The molecule has 102 valence electrons. The lowest BCUT2D eigenvalue weighted by molar-refractivity contribution is 0.0666. The van der Waals surface area contributed by atoms with E-state index in [9.17, 15) is 14.7 Å². The van der Waals surface area contributed by atoms with Crippen LogP contribution < -0.4 is 0 Å². The van der Waals surface area contributed by atoms with Crippen molar-refractivity contribution < 1.29 is 19.1 Å². The molecular weight excluding hydrogens is 260 g/mol. The summed E-state index contributed by atoms with van der Waals surface area (Å²) < 4.78 is 5.09. The van der Waals surface area contributed by atoms with Gasteiger partial charge in [-0.2, -0.15) is 0 Å². The van der Waals surface area contributed by atoms with Crippen molar-refractivity contribution >= 4 is 11.9 Å². The fourth-order valence-corrected chi connectivity index (χ4v) is 2.37. The van der Waals surface area contributed by atoms with Gasteiger partial charge in [-0.05, 0) is 18.2 Å². The number of aromatic nitrogens is 1. The number of amides is 1. The molecule has 0 atom stereocenters. The minimum atomic E-state index is -1.00. The molecule has 2 aromatic rings. The number of pyridine rings is 1. The largest absolute Gasteiger partial charge is 0.478 e. The Morgan fingerprint density at radius 3 is 2.90 bits per heavy atom. The summed E-state index contributed by atoms with van der Waals surface area (Å²) >= 11 is 0. The van der Waals surface area contributed by atoms with Crippen LogP contribution in [0.5, 0.6) is 0 Å². The van der Waals surface area contributed by atoms with Gasteiger partial charge in [0.25, 0.3) is 5.91 Å². The van der Waals surface area contributed by atoms with E-state index in [0.717, 1.165) is 5.69 Å². The first kappa shape index (κ1) is 12.4. The van der Waals surface area contributed by atoms with Gasteiger partial charge in [-0.25, -0.2) is 4.79 Å². The molecule has 2 aromatic heterocycles. The molecule has 0 aromatic carbocycles. The van der Waals surface area contributed by atoms with Gasteiger partial charge >= 0.3 is 5.97 Å². The highest BCUT2D eigenvalue weighted by Gasteiger charge is 2.27. The second-order valence-electron chi connectivity index (χ2n) is 4.54. The van der Waals surface area contributed by atoms with Crippen LogP contribution in [0.3, 0.4) is 0 Å². The molecule has 0 saturated heterocycles. The van der Waals surface area contributed by atoms with E-state index >= 15 is 0 Å². The Kier molecular flexibility index (Phi) is 2.98. The minimum absolute atomic E-state index is 0.201. The van der Waals surface area contributed by atoms with Crippen LogP contribution in [0.4, 0.5) is 0 Å². The summed E-state index contributed by atoms with van der Waals surface area (Å²) in [6.07, 6.45) is 3.48. The van der Waals surface area contributed by atoms with Crippen LogP contribution >= 0.6 is 0 Å². The maximum Gasteiger partial charge on any atom is 0.336 e. The summed E-state index contributed by atoms with van der Waals surface area (Å²) in [4.78, 5) is 29.2. The number of hydrogen-bond donors (Lipinski definition) is 1. The van der Waals surface area contributed by atoms with Crippen molar-refractivity contribution in [1.82, 2.24) is 9.88 Å². The van der Waals surface area contributed by atoms with Crippen LogP contribution in [0.25, 0.3) is 0 Å². The van der Waals surface area contributed by atoms with Crippen molar-refractivity contribution in [3.8, 4) is 0 Å². The van der Waals surface area contributed by atoms with Crippen LogP contribution in [-0.4, -0.2) is 33.4 Å². The van der Waals surface area contributed by atoms with Crippen LogP contribution in [0, 0.1) is 0 Å². The van der Waals surface area contributed by atoms with Gasteiger partial charge in [-0.3, -0.25) is 9.78 Å². The first-order valence-electron chi connectivity index (χ1n) is 6.19. The Morgan fingerprint density at radius 2 is 2.20 bits per heavy atom. The van der Waals surface area contributed by atoms with Crippen LogP contribution in [-0.2, 0) is 13.0 Å². The number of rotatable bonds is 2. The molecule has 0 unspecified atom stereocenters. The van der Waals surface area contributed by atoms with Crippen LogP contribution in [0.15, 0.2) is 35.1 Å². The van der Waals surface area contributed by atoms with Gasteiger partial charge in [0, 0.05) is 37.0 Å². The molecular formula is C14H12N2O4. The van der Waals surface area contributed by atoms with Gasteiger partial charge in [-0.1, -0.05) is 0 Å². The smallest absolute Gasteiger partial charge is 0.336 e. The number of furan rings is 1. The average molecular weight is 272 g/mol. The van der Waals surface area contributed by atoms with Gasteiger partial charge in [0.1, 0.15) is 0 Å². The summed E-state index contributed by atoms with van der Waals surface area (Å²) in [6.45, 7) is 0.743. The monoisotopic (exact) mass is 272 g/mol. The predicted octanol–water partition coefficient (Wildman–Crippen LogP) is 1.57. The van der Waals surface area contributed by atoms with Gasteiger partial charge in [0.05, 0.1) is 11.8 Å². The Hall–Kier alpha value is -2.63. The zero-order valence-electron chi connectivity index (χ0n) is 10.6. The molecule has 6 nitrogen and oxygen atoms in total. The number of carboxylic acids is 1. The van der Waals surface area contributed by atoms with Gasteiger partial charge in [-0.15, -0.1) is 0 Å². The fourth-order valence-electron chi connectivity index (χ4n) is 2.37. The van der Waals surface area contributed by atoms with E-state index in [2.05, 4.69) is 4.98 Å². The highest BCUT2D eigenvalue weighted by molar-refractivity contribution is 5.93. The molecule has 1 aliphatic rings. The summed E-state index contributed by atoms with van der Waals surface area (Å²) in [5.74, 6) is -0.981. The average Bonchev–Trinajstić information content (AvgIpc) is 2.99. The Labute approximate surface area is 114 Å². The van der Waals surface area contributed by atoms with E-state index in [1.165, 1.54) is 18.5 Å². The molecule has 20 heavy (non-hydrogen) atoms. The molecule has 0 bridgehead atoms.